The zero-order chi connectivity index (χ0) is 26.5. The maximum Gasteiger partial charge on any atom is 0.329 e. The molecule has 2 aromatic carbocycles. The molecule has 3 aromatic rings. The van der Waals surface area contributed by atoms with E-state index < -0.39 is 35.1 Å². The molecule has 1 saturated heterocycles. The molecule has 4 amide bonds. The van der Waals surface area contributed by atoms with E-state index >= 15 is 0 Å². The number of rotatable bonds is 8. The van der Waals surface area contributed by atoms with Crippen molar-refractivity contribution in [1.82, 2.24) is 15.2 Å². The van der Waals surface area contributed by atoms with Gasteiger partial charge in [-0.05, 0) is 35.9 Å². The van der Waals surface area contributed by atoms with Crippen LogP contribution in [-0.2, 0) is 9.59 Å². The van der Waals surface area contributed by atoms with Crippen LogP contribution < -0.4 is 20.1 Å². The number of carbonyl (C=O) groups is 3. The van der Waals surface area contributed by atoms with Gasteiger partial charge in [0.1, 0.15) is 24.3 Å². The van der Waals surface area contributed by atoms with Crippen molar-refractivity contribution in [3.8, 4) is 17.4 Å². The summed E-state index contributed by atoms with van der Waals surface area (Å²) in [5, 5.41) is 15.5. The van der Waals surface area contributed by atoms with Crippen molar-refractivity contribution in [3.05, 3.63) is 88.0 Å². The van der Waals surface area contributed by atoms with Crippen molar-refractivity contribution in [1.29, 1.82) is 0 Å². The number of hydrogen-bond acceptors (Lipinski definition) is 8. The Hall–Kier alpha value is -5.33. The van der Waals surface area contributed by atoms with E-state index in [1.165, 1.54) is 55.7 Å². The fraction of sp³-hybridized carbons (Fsp3) is 0.0833. The van der Waals surface area contributed by atoms with Crippen LogP contribution in [0, 0.1) is 15.9 Å². The Bertz CT molecular complexity index is 1430. The highest BCUT2D eigenvalue weighted by Gasteiger charge is 2.35. The Balaban J connectivity index is 1.46. The second-order valence-corrected chi connectivity index (χ2v) is 7.53. The van der Waals surface area contributed by atoms with Gasteiger partial charge >= 0.3 is 6.03 Å². The molecule has 13 heteroatoms. The van der Waals surface area contributed by atoms with E-state index in [1.54, 1.807) is 6.07 Å². The van der Waals surface area contributed by atoms with Crippen molar-refractivity contribution in [3.63, 3.8) is 0 Å². The molecule has 0 bridgehead atoms. The second-order valence-electron chi connectivity index (χ2n) is 7.53. The maximum absolute atomic E-state index is 13.7. The number of imide groups is 1. The highest BCUT2D eigenvalue weighted by molar-refractivity contribution is 6.16. The highest BCUT2D eigenvalue weighted by atomic mass is 19.1. The van der Waals surface area contributed by atoms with Crippen molar-refractivity contribution in [2.75, 3.05) is 19.0 Å². The Morgan fingerprint density at radius 3 is 2.65 bits per heavy atom. The van der Waals surface area contributed by atoms with Crippen LogP contribution in [0.1, 0.15) is 5.56 Å². The van der Waals surface area contributed by atoms with Gasteiger partial charge in [0.2, 0.25) is 11.8 Å². The summed E-state index contributed by atoms with van der Waals surface area (Å²) < 4.78 is 24.7. The number of para-hydroxylation sites is 1. The van der Waals surface area contributed by atoms with Gasteiger partial charge in [0.05, 0.1) is 17.7 Å². The van der Waals surface area contributed by atoms with E-state index in [0.29, 0.717) is 10.5 Å². The fourth-order valence-corrected chi connectivity index (χ4v) is 3.29. The number of aromatic nitrogens is 1. The number of pyridine rings is 1. The van der Waals surface area contributed by atoms with Gasteiger partial charge in [-0.1, -0.05) is 18.2 Å². The van der Waals surface area contributed by atoms with Gasteiger partial charge in [0, 0.05) is 12.1 Å². The van der Waals surface area contributed by atoms with E-state index in [4.69, 9.17) is 9.47 Å². The maximum atomic E-state index is 13.7. The van der Waals surface area contributed by atoms with Crippen molar-refractivity contribution < 1.29 is 33.2 Å². The van der Waals surface area contributed by atoms with E-state index in [-0.39, 0.29) is 34.5 Å². The molecule has 0 atom stereocenters. The lowest BCUT2D eigenvalue weighted by Crippen LogP contribution is -2.38. The number of nitrogens with one attached hydrogen (secondary N) is 2. The largest absolute Gasteiger partial charge is 0.493 e. The third kappa shape index (κ3) is 5.67. The summed E-state index contributed by atoms with van der Waals surface area (Å²) in [6.07, 6.45) is 2.43. The minimum atomic E-state index is -0.809. The molecule has 4 rings (SSSR count). The molecule has 2 heterocycles. The topological polar surface area (TPSA) is 153 Å². The number of benzene rings is 2. The average Bonchev–Trinajstić information content (AvgIpc) is 3.13. The smallest absolute Gasteiger partial charge is 0.329 e. The predicted molar refractivity (Wildman–Crippen MR) is 127 cm³/mol. The summed E-state index contributed by atoms with van der Waals surface area (Å²) in [5.74, 6) is -1.55. The Kier molecular flexibility index (Phi) is 7.04. The Morgan fingerprint density at radius 1 is 1.19 bits per heavy atom. The first-order chi connectivity index (χ1) is 17.7. The number of halogens is 1. The average molecular weight is 507 g/mol. The lowest BCUT2D eigenvalue weighted by atomic mass is 10.1. The predicted octanol–water partition coefficient (Wildman–Crippen LogP) is 3.46. The minimum Gasteiger partial charge on any atom is -0.493 e. The molecule has 37 heavy (non-hydrogen) atoms. The highest BCUT2D eigenvalue weighted by Crippen LogP contribution is 2.32. The van der Waals surface area contributed by atoms with Gasteiger partial charge in [0.25, 0.3) is 11.6 Å². The van der Waals surface area contributed by atoms with Crippen LogP contribution in [0.5, 0.6) is 17.4 Å². The number of amides is 4. The SMILES string of the molecule is COc1cc(/C=C2/NC(=O)N(CC(=O)Nc3ccccc3F)C2=O)ccc1Oc1ccc([N+](=O)[O-])cn1. The van der Waals surface area contributed by atoms with Crippen molar-refractivity contribution >= 4 is 35.3 Å². The summed E-state index contributed by atoms with van der Waals surface area (Å²) in [7, 11) is 1.39. The molecular formula is C24H18FN5O7. The Morgan fingerprint density at radius 2 is 1.97 bits per heavy atom. The van der Waals surface area contributed by atoms with E-state index in [2.05, 4.69) is 15.6 Å². The molecule has 1 aromatic heterocycles. The standard InChI is InChI=1S/C24H18FN5O7/c1-36-20-11-14(6-8-19(20)37-22-9-7-15(12-26-22)30(34)35)10-18-23(32)29(24(33)28-18)13-21(31)27-17-5-3-2-4-16(17)25/h2-12H,13H2,1H3,(H,27,31)(H,28,33)/b18-10+. The quantitative estimate of drug-likeness (QED) is 0.203. The third-order valence-electron chi connectivity index (χ3n) is 5.06. The molecule has 0 radical (unpaired) electrons. The monoisotopic (exact) mass is 507 g/mol. The molecule has 188 valence electrons. The van der Waals surface area contributed by atoms with E-state index in [1.807, 2.05) is 0 Å². The minimum absolute atomic E-state index is 0.0753. The Labute approximate surface area is 208 Å². The molecular weight excluding hydrogens is 489 g/mol. The number of nitro groups is 1. The van der Waals surface area contributed by atoms with Gasteiger partial charge in [-0.25, -0.2) is 19.1 Å². The molecule has 0 unspecified atom stereocenters. The number of anilines is 1. The van der Waals surface area contributed by atoms with Gasteiger partial charge in [-0.2, -0.15) is 0 Å². The summed E-state index contributed by atoms with van der Waals surface area (Å²) in [4.78, 5) is 52.0. The number of carbonyl (C=O) groups excluding carboxylic acids is 3. The summed E-state index contributed by atoms with van der Waals surface area (Å²) in [5.41, 5.74) is 0.107. The van der Waals surface area contributed by atoms with E-state index in [9.17, 15) is 28.9 Å². The van der Waals surface area contributed by atoms with Crippen LogP contribution in [0.15, 0.2) is 66.5 Å². The number of nitrogens with zero attached hydrogens (tertiary/aromatic N) is 3. The van der Waals surface area contributed by atoms with Crippen molar-refractivity contribution in [2.24, 2.45) is 0 Å². The van der Waals surface area contributed by atoms with Gasteiger partial charge in [-0.15, -0.1) is 0 Å². The first-order valence-corrected chi connectivity index (χ1v) is 10.6. The van der Waals surface area contributed by atoms with Crippen LogP contribution in [0.3, 0.4) is 0 Å². The molecule has 12 nitrogen and oxygen atoms in total. The third-order valence-corrected chi connectivity index (χ3v) is 5.06. The number of ether oxygens (including phenoxy) is 2. The molecule has 0 spiro atoms. The van der Waals surface area contributed by atoms with Crippen LogP contribution in [0.2, 0.25) is 0 Å². The number of urea groups is 1. The number of hydrogen-bond donors (Lipinski definition) is 2. The van der Waals surface area contributed by atoms with Gasteiger partial charge in [0.15, 0.2) is 11.5 Å². The van der Waals surface area contributed by atoms with Crippen LogP contribution >= 0.6 is 0 Å². The summed E-state index contributed by atoms with van der Waals surface area (Å²) >= 11 is 0. The van der Waals surface area contributed by atoms with Crippen molar-refractivity contribution in [2.45, 2.75) is 0 Å². The van der Waals surface area contributed by atoms with E-state index in [0.717, 1.165) is 12.3 Å². The molecule has 1 aliphatic rings. The summed E-state index contributed by atoms with van der Waals surface area (Å²) in [6.45, 7) is -0.616. The normalized spacial score (nSPS) is 13.9. The van der Waals surface area contributed by atoms with Gasteiger partial charge in [-0.3, -0.25) is 19.7 Å². The molecule has 1 aliphatic heterocycles. The van der Waals surface area contributed by atoms with Crippen LogP contribution in [0.25, 0.3) is 6.08 Å². The van der Waals surface area contributed by atoms with Crippen LogP contribution in [-0.4, -0.2) is 46.3 Å². The lowest BCUT2D eigenvalue weighted by molar-refractivity contribution is -0.385. The lowest BCUT2D eigenvalue weighted by Gasteiger charge is -2.12. The number of methoxy groups -OCH3 is 1. The molecule has 2 N–H and O–H groups in total. The summed E-state index contributed by atoms with van der Waals surface area (Å²) in [6, 6.07) is 11.9. The second kappa shape index (κ2) is 10.5. The zero-order valence-corrected chi connectivity index (χ0v) is 19.1. The molecule has 0 saturated carbocycles. The molecule has 1 fully saturated rings. The first kappa shape index (κ1) is 24.8. The first-order valence-electron chi connectivity index (χ1n) is 10.6. The van der Waals surface area contributed by atoms with Crippen LogP contribution in [0.4, 0.5) is 20.6 Å². The zero-order valence-electron chi connectivity index (χ0n) is 19.1. The molecule has 0 aliphatic carbocycles. The van der Waals surface area contributed by atoms with Gasteiger partial charge < -0.3 is 20.1 Å². The fourth-order valence-electron chi connectivity index (χ4n) is 3.29.